The first-order valence-corrected chi connectivity index (χ1v) is 9.85. The fourth-order valence-electron chi connectivity index (χ4n) is 3.45. The van der Waals surface area contributed by atoms with E-state index in [1.54, 1.807) is 48.7 Å². The van der Waals surface area contributed by atoms with Gasteiger partial charge >= 0.3 is 0 Å². The highest BCUT2D eigenvalue weighted by Gasteiger charge is 2.16. The Labute approximate surface area is 169 Å². The lowest BCUT2D eigenvalue weighted by molar-refractivity contribution is 0.0927. The number of ether oxygens (including phenoxy) is 1. The number of nitrogens with one attached hydrogen (secondary N) is 1. The predicted octanol–water partition coefficient (Wildman–Crippen LogP) is 5.14. The van der Waals surface area contributed by atoms with Crippen LogP contribution in [0.3, 0.4) is 0 Å². The summed E-state index contributed by atoms with van der Waals surface area (Å²) in [5.41, 5.74) is 1.31. The van der Waals surface area contributed by atoms with Gasteiger partial charge in [-0.2, -0.15) is 4.98 Å². The van der Waals surface area contributed by atoms with Crippen molar-refractivity contribution < 1.29 is 13.9 Å². The average molecular weight is 391 g/mol. The van der Waals surface area contributed by atoms with Crippen LogP contribution >= 0.6 is 0 Å². The lowest BCUT2D eigenvalue weighted by Gasteiger charge is -2.22. The van der Waals surface area contributed by atoms with Crippen molar-refractivity contribution in [3.63, 3.8) is 0 Å². The van der Waals surface area contributed by atoms with E-state index < -0.39 is 0 Å². The second-order valence-electron chi connectivity index (χ2n) is 7.16. The molecular weight excluding hydrogens is 369 g/mol. The van der Waals surface area contributed by atoms with Gasteiger partial charge in [-0.25, -0.2) is 9.37 Å². The molecule has 0 bridgehead atoms. The van der Waals surface area contributed by atoms with Gasteiger partial charge in [-0.15, -0.1) is 0 Å². The summed E-state index contributed by atoms with van der Waals surface area (Å²) in [6.07, 6.45) is 7.30. The quantitative estimate of drug-likeness (QED) is 0.654. The monoisotopic (exact) mass is 391 g/mol. The van der Waals surface area contributed by atoms with E-state index in [9.17, 15) is 9.18 Å². The van der Waals surface area contributed by atoms with Crippen LogP contribution in [0.1, 0.15) is 42.5 Å². The van der Waals surface area contributed by atoms with Crippen LogP contribution in [0.15, 0.2) is 60.8 Å². The van der Waals surface area contributed by atoms with Gasteiger partial charge in [0.2, 0.25) is 5.88 Å². The number of hydrogen-bond donors (Lipinski definition) is 1. The molecule has 0 atom stereocenters. The van der Waals surface area contributed by atoms with Crippen LogP contribution in [0.25, 0.3) is 11.4 Å². The fraction of sp³-hybridized carbons (Fsp3) is 0.261. The van der Waals surface area contributed by atoms with Crippen LogP contribution in [0.4, 0.5) is 4.39 Å². The van der Waals surface area contributed by atoms with Crippen molar-refractivity contribution in [2.75, 3.05) is 0 Å². The summed E-state index contributed by atoms with van der Waals surface area (Å²) < 4.78 is 18.9. The molecule has 1 aliphatic rings. The number of carbonyl (C=O) groups excluding carboxylic acids is 1. The Morgan fingerprint density at radius 2 is 1.69 bits per heavy atom. The van der Waals surface area contributed by atoms with E-state index in [1.165, 1.54) is 31.4 Å². The Hall–Kier alpha value is -3.28. The van der Waals surface area contributed by atoms with Crippen molar-refractivity contribution in [2.45, 2.75) is 38.1 Å². The predicted molar refractivity (Wildman–Crippen MR) is 108 cm³/mol. The summed E-state index contributed by atoms with van der Waals surface area (Å²) >= 11 is 0. The van der Waals surface area contributed by atoms with E-state index >= 15 is 0 Å². The second kappa shape index (κ2) is 8.82. The Bertz CT molecular complexity index is 968. The maximum atomic E-state index is 13.1. The first-order valence-electron chi connectivity index (χ1n) is 9.85. The molecule has 0 radical (unpaired) electrons. The minimum atomic E-state index is -0.311. The highest BCUT2D eigenvalue weighted by atomic mass is 19.1. The number of rotatable bonds is 5. The van der Waals surface area contributed by atoms with Crippen LogP contribution in [0.5, 0.6) is 11.6 Å². The number of halogens is 1. The molecule has 4 rings (SSSR count). The zero-order valence-corrected chi connectivity index (χ0v) is 16.0. The minimum absolute atomic E-state index is 0.0518. The molecule has 1 heterocycles. The Morgan fingerprint density at radius 3 is 2.41 bits per heavy atom. The molecule has 0 unspecified atom stereocenters. The summed E-state index contributed by atoms with van der Waals surface area (Å²) in [7, 11) is 0. The maximum absolute atomic E-state index is 13.1. The van der Waals surface area contributed by atoms with Gasteiger partial charge in [0.15, 0.2) is 5.82 Å². The normalized spacial score (nSPS) is 14.4. The Kier molecular flexibility index (Phi) is 5.79. The second-order valence-corrected chi connectivity index (χ2v) is 7.16. The number of nitrogens with zero attached hydrogens (tertiary/aromatic N) is 2. The third-order valence-electron chi connectivity index (χ3n) is 5.01. The largest absolute Gasteiger partial charge is 0.439 e. The molecule has 1 fully saturated rings. The van der Waals surface area contributed by atoms with Gasteiger partial charge in [-0.1, -0.05) is 19.3 Å². The maximum Gasteiger partial charge on any atom is 0.251 e. The van der Waals surface area contributed by atoms with Crippen LogP contribution in [-0.4, -0.2) is 21.9 Å². The first kappa shape index (κ1) is 19.1. The molecule has 2 aromatic carbocycles. The molecule has 1 N–H and O–H groups in total. The summed E-state index contributed by atoms with van der Waals surface area (Å²) in [5.74, 6) is 1.03. The molecule has 29 heavy (non-hydrogen) atoms. The van der Waals surface area contributed by atoms with Gasteiger partial charge in [0.1, 0.15) is 11.6 Å². The van der Waals surface area contributed by atoms with Crippen LogP contribution in [0, 0.1) is 5.82 Å². The van der Waals surface area contributed by atoms with E-state index in [-0.39, 0.29) is 17.8 Å². The molecule has 6 heteroatoms. The Balaban J connectivity index is 1.41. The molecule has 3 aromatic rings. The molecule has 0 saturated heterocycles. The van der Waals surface area contributed by atoms with Crippen LogP contribution in [-0.2, 0) is 0 Å². The molecular formula is C23H22FN3O2. The SMILES string of the molecule is O=C(NC1CCCCC1)c1ccc(Oc2ccnc(-c3ccc(F)cc3)n2)cc1. The molecule has 148 valence electrons. The topological polar surface area (TPSA) is 64.1 Å². The lowest BCUT2D eigenvalue weighted by Crippen LogP contribution is -2.36. The molecule has 1 amide bonds. The zero-order valence-electron chi connectivity index (χ0n) is 16.0. The van der Waals surface area contributed by atoms with Crippen molar-refractivity contribution in [3.8, 4) is 23.0 Å². The fourth-order valence-corrected chi connectivity index (χ4v) is 3.45. The van der Waals surface area contributed by atoms with Gasteiger partial charge in [0.05, 0.1) is 0 Å². The molecule has 1 aliphatic carbocycles. The van der Waals surface area contributed by atoms with Gasteiger partial charge in [0, 0.05) is 29.4 Å². The van der Waals surface area contributed by atoms with Crippen molar-refractivity contribution in [3.05, 3.63) is 72.2 Å². The van der Waals surface area contributed by atoms with E-state index in [2.05, 4.69) is 15.3 Å². The highest BCUT2D eigenvalue weighted by Crippen LogP contribution is 2.23. The lowest BCUT2D eigenvalue weighted by atomic mass is 9.95. The van der Waals surface area contributed by atoms with Crippen molar-refractivity contribution in [1.29, 1.82) is 0 Å². The van der Waals surface area contributed by atoms with Crippen molar-refractivity contribution in [1.82, 2.24) is 15.3 Å². The summed E-state index contributed by atoms with van der Waals surface area (Å²) in [6.45, 7) is 0. The molecule has 1 saturated carbocycles. The summed E-state index contributed by atoms with van der Waals surface area (Å²) in [4.78, 5) is 21.0. The smallest absolute Gasteiger partial charge is 0.251 e. The standard InChI is InChI=1S/C23H22FN3O2/c24-18-10-6-16(7-11-18)22-25-15-14-21(27-22)29-20-12-8-17(9-13-20)23(28)26-19-4-2-1-3-5-19/h6-15,19H,1-5H2,(H,26,28). The number of amides is 1. The molecule has 0 aliphatic heterocycles. The third-order valence-corrected chi connectivity index (χ3v) is 5.01. The molecule has 1 aromatic heterocycles. The Morgan fingerprint density at radius 1 is 0.966 bits per heavy atom. The number of carbonyl (C=O) groups is 1. The first-order chi connectivity index (χ1) is 14.2. The third kappa shape index (κ3) is 4.96. The van der Waals surface area contributed by atoms with E-state index in [0.29, 0.717) is 28.6 Å². The van der Waals surface area contributed by atoms with Crippen LogP contribution < -0.4 is 10.1 Å². The highest BCUT2D eigenvalue weighted by molar-refractivity contribution is 5.94. The van der Waals surface area contributed by atoms with E-state index in [4.69, 9.17) is 4.74 Å². The summed E-state index contributed by atoms with van der Waals surface area (Å²) in [5, 5.41) is 3.11. The number of benzene rings is 2. The van der Waals surface area contributed by atoms with E-state index in [0.717, 1.165) is 12.8 Å². The van der Waals surface area contributed by atoms with E-state index in [1.807, 2.05) is 0 Å². The average Bonchev–Trinajstić information content (AvgIpc) is 2.76. The van der Waals surface area contributed by atoms with Crippen LogP contribution in [0.2, 0.25) is 0 Å². The molecule has 0 spiro atoms. The zero-order chi connectivity index (χ0) is 20.1. The molecule has 5 nitrogen and oxygen atoms in total. The van der Waals surface area contributed by atoms with Gasteiger partial charge in [-0.3, -0.25) is 4.79 Å². The number of aromatic nitrogens is 2. The van der Waals surface area contributed by atoms with Crippen molar-refractivity contribution in [2.24, 2.45) is 0 Å². The van der Waals surface area contributed by atoms with Gasteiger partial charge in [0.25, 0.3) is 5.91 Å². The summed E-state index contributed by atoms with van der Waals surface area (Å²) in [6, 6.07) is 14.9. The van der Waals surface area contributed by atoms with Gasteiger partial charge in [-0.05, 0) is 61.4 Å². The van der Waals surface area contributed by atoms with Gasteiger partial charge < -0.3 is 10.1 Å². The van der Waals surface area contributed by atoms with Crippen molar-refractivity contribution >= 4 is 5.91 Å². The minimum Gasteiger partial charge on any atom is -0.439 e. The number of hydrogen-bond acceptors (Lipinski definition) is 4.